The average molecular weight is 228 g/mol. The van der Waals surface area contributed by atoms with E-state index in [0.29, 0.717) is 10.7 Å². The maximum absolute atomic E-state index is 11.1. The van der Waals surface area contributed by atoms with Gasteiger partial charge in [-0.25, -0.2) is 4.79 Å². The number of esters is 1. The Kier molecular flexibility index (Phi) is 3.68. The molecule has 0 aliphatic rings. The van der Waals surface area contributed by atoms with Crippen molar-refractivity contribution in [3.63, 3.8) is 0 Å². The smallest absolute Gasteiger partial charge is 0.396 e. The molecule has 0 saturated heterocycles. The summed E-state index contributed by atoms with van der Waals surface area (Å²) in [6, 6.07) is 4.92. The fraction of sp³-hybridized carbons (Fsp3) is 0.200. The van der Waals surface area contributed by atoms with Crippen LogP contribution in [0.2, 0.25) is 5.02 Å². The number of nitrogens with one attached hydrogen (secondary N) is 1. The largest absolute Gasteiger partial charge is 0.462 e. The molecule has 1 N–H and O–H groups in total. The first kappa shape index (κ1) is 11.5. The van der Waals surface area contributed by atoms with Crippen LogP contribution >= 0.6 is 11.6 Å². The minimum Gasteiger partial charge on any atom is -0.462 e. The highest BCUT2D eigenvalue weighted by Gasteiger charge is 2.13. The molecule has 0 bridgehead atoms. The zero-order valence-corrected chi connectivity index (χ0v) is 9.09. The van der Waals surface area contributed by atoms with Gasteiger partial charge >= 0.3 is 11.9 Å². The molecule has 80 valence electrons. The summed E-state index contributed by atoms with van der Waals surface area (Å²) < 4.78 is 4.26. The number of aryl methyl sites for hydroxylation is 1. The van der Waals surface area contributed by atoms with Gasteiger partial charge in [0.1, 0.15) is 0 Å². The van der Waals surface area contributed by atoms with Crippen LogP contribution in [0.3, 0.4) is 0 Å². The summed E-state index contributed by atoms with van der Waals surface area (Å²) in [6.45, 7) is 1.80. The second-order valence-corrected chi connectivity index (χ2v) is 3.32. The van der Waals surface area contributed by atoms with E-state index < -0.39 is 11.9 Å². The lowest BCUT2D eigenvalue weighted by Gasteiger charge is -2.05. The third-order valence-electron chi connectivity index (χ3n) is 1.79. The minimum absolute atomic E-state index is 0.507. The molecule has 1 rings (SSSR count). The molecular formula is C10H10ClNO3. The molecule has 5 heteroatoms. The predicted octanol–water partition coefficient (Wildman–Crippen LogP) is 1.76. The fourth-order valence-electron chi connectivity index (χ4n) is 0.997. The van der Waals surface area contributed by atoms with E-state index in [1.807, 2.05) is 0 Å². The van der Waals surface area contributed by atoms with Crippen molar-refractivity contribution in [1.29, 1.82) is 0 Å². The molecule has 15 heavy (non-hydrogen) atoms. The highest BCUT2D eigenvalue weighted by molar-refractivity contribution is 6.37. The van der Waals surface area contributed by atoms with Crippen molar-refractivity contribution >= 4 is 29.2 Å². The highest BCUT2D eigenvalue weighted by atomic mass is 35.5. The van der Waals surface area contributed by atoms with Crippen LogP contribution in [0.1, 0.15) is 5.56 Å². The molecule has 0 unspecified atom stereocenters. The predicted molar refractivity (Wildman–Crippen MR) is 56.8 cm³/mol. The van der Waals surface area contributed by atoms with Crippen LogP contribution in [0.15, 0.2) is 18.2 Å². The summed E-state index contributed by atoms with van der Waals surface area (Å²) in [7, 11) is 1.15. The number of halogens is 1. The van der Waals surface area contributed by atoms with Gasteiger partial charge in [0, 0.05) is 10.7 Å². The molecule has 0 spiro atoms. The molecule has 0 heterocycles. The highest BCUT2D eigenvalue weighted by Crippen LogP contribution is 2.19. The monoisotopic (exact) mass is 227 g/mol. The van der Waals surface area contributed by atoms with Crippen LogP contribution in [0.5, 0.6) is 0 Å². The van der Waals surface area contributed by atoms with E-state index >= 15 is 0 Å². The first-order valence-electron chi connectivity index (χ1n) is 4.20. The number of methoxy groups -OCH3 is 1. The van der Waals surface area contributed by atoms with Gasteiger partial charge in [-0.05, 0) is 30.7 Å². The third kappa shape index (κ3) is 2.95. The van der Waals surface area contributed by atoms with Gasteiger partial charge in [-0.2, -0.15) is 0 Å². The van der Waals surface area contributed by atoms with E-state index in [1.165, 1.54) is 0 Å². The van der Waals surface area contributed by atoms with E-state index in [0.717, 1.165) is 12.7 Å². The average Bonchev–Trinajstić information content (AvgIpc) is 2.22. The summed E-state index contributed by atoms with van der Waals surface area (Å²) in [4.78, 5) is 21.9. The summed E-state index contributed by atoms with van der Waals surface area (Å²) >= 11 is 5.80. The molecule has 0 aromatic heterocycles. The van der Waals surface area contributed by atoms with Crippen molar-refractivity contribution in [1.82, 2.24) is 0 Å². The van der Waals surface area contributed by atoms with Gasteiger partial charge in [0.25, 0.3) is 0 Å². The van der Waals surface area contributed by atoms with Gasteiger partial charge in [0.05, 0.1) is 7.11 Å². The standard InChI is InChI=1S/C10H10ClNO3/c1-6-5-7(3-4-8(6)11)12-9(13)10(14)15-2/h3-5H,1-2H3,(H,12,13). The lowest BCUT2D eigenvalue weighted by atomic mass is 10.2. The van der Waals surface area contributed by atoms with Gasteiger partial charge in [0.15, 0.2) is 0 Å². The third-order valence-corrected chi connectivity index (χ3v) is 2.21. The number of hydrogen-bond donors (Lipinski definition) is 1. The molecule has 0 aliphatic heterocycles. The second kappa shape index (κ2) is 4.79. The van der Waals surface area contributed by atoms with Crippen molar-refractivity contribution in [3.8, 4) is 0 Å². The zero-order valence-electron chi connectivity index (χ0n) is 8.33. The van der Waals surface area contributed by atoms with Crippen LogP contribution in [0.4, 0.5) is 5.69 Å². The molecule has 0 fully saturated rings. The molecular weight excluding hydrogens is 218 g/mol. The Morgan fingerprint density at radius 2 is 2.07 bits per heavy atom. The molecule has 0 radical (unpaired) electrons. The van der Waals surface area contributed by atoms with Gasteiger partial charge in [-0.15, -0.1) is 0 Å². The fourth-order valence-corrected chi connectivity index (χ4v) is 1.11. The summed E-state index contributed by atoms with van der Waals surface area (Å²) in [5, 5.41) is 2.99. The molecule has 0 aliphatic carbocycles. The summed E-state index contributed by atoms with van der Waals surface area (Å²) in [5.74, 6) is -1.73. The number of ether oxygens (including phenoxy) is 1. The van der Waals surface area contributed by atoms with E-state index in [2.05, 4.69) is 10.1 Å². The van der Waals surface area contributed by atoms with Crippen molar-refractivity contribution in [2.24, 2.45) is 0 Å². The van der Waals surface area contributed by atoms with E-state index in [1.54, 1.807) is 25.1 Å². The van der Waals surface area contributed by atoms with E-state index in [9.17, 15) is 9.59 Å². The molecule has 0 saturated carbocycles. The number of rotatable bonds is 1. The number of amides is 1. The quantitative estimate of drug-likeness (QED) is 0.588. The summed E-state index contributed by atoms with van der Waals surface area (Å²) in [5.41, 5.74) is 1.33. The number of benzene rings is 1. The van der Waals surface area contributed by atoms with Gasteiger partial charge in [0.2, 0.25) is 0 Å². The van der Waals surface area contributed by atoms with E-state index in [4.69, 9.17) is 11.6 Å². The molecule has 1 aromatic carbocycles. The van der Waals surface area contributed by atoms with Gasteiger partial charge in [-0.1, -0.05) is 11.6 Å². The Hall–Kier alpha value is -1.55. The molecule has 0 atom stereocenters. The number of anilines is 1. The Balaban J connectivity index is 2.77. The van der Waals surface area contributed by atoms with Crippen LogP contribution in [-0.2, 0) is 14.3 Å². The van der Waals surface area contributed by atoms with Crippen LogP contribution in [-0.4, -0.2) is 19.0 Å². The first-order chi connectivity index (χ1) is 7.04. The SMILES string of the molecule is COC(=O)C(=O)Nc1ccc(Cl)c(C)c1. The van der Waals surface area contributed by atoms with Crippen LogP contribution in [0, 0.1) is 6.92 Å². The van der Waals surface area contributed by atoms with E-state index in [-0.39, 0.29) is 0 Å². The van der Waals surface area contributed by atoms with Crippen molar-refractivity contribution < 1.29 is 14.3 Å². The Morgan fingerprint density at radius 3 is 2.60 bits per heavy atom. The summed E-state index contributed by atoms with van der Waals surface area (Å²) in [6.07, 6.45) is 0. The zero-order chi connectivity index (χ0) is 11.4. The number of carbonyl (C=O) groups excluding carboxylic acids is 2. The van der Waals surface area contributed by atoms with Crippen molar-refractivity contribution in [3.05, 3.63) is 28.8 Å². The Labute approximate surface area is 92.2 Å². The van der Waals surface area contributed by atoms with Crippen molar-refractivity contribution in [2.45, 2.75) is 6.92 Å². The minimum atomic E-state index is -0.928. The van der Waals surface area contributed by atoms with Crippen molar-refractivity contribution in [2.75, 3.05) is 12.4 Å². The van der Waals surface area contributed by atoms with Crippen LogP contribution in [0.25, 0.3) is 0 Å². The lowest BCUT2D eigenvalue weighted by molar-refractivity contribution is -0.150. The first-order valence-corrected chi connectivity index (χ1v) is 4.58. The number of hydrogen-bond acceptors (Lipinski definition) is 3. The number of carbonyl (C=O) groups is 2. The second-order valence-electron chi connectivity index (χ2n) is 2.91. The molecule has 4 nitrogen and oxygen atoms in total. The van der Waals surface area contributed by atoms with Gasteiger partial charge < -0.3 is 10.1 Å². The lowest BCUT2D eigenvalue weighted by Crippen LogP contribution is -2.23. The maximum Gasteiger partial charge on any atom is 0.396 e. The van der Waals surface area contributed by atoms with Crippen LogP contribution < -0.4 is 5.32 Å². The van der Waals surface area contributed by atoms with Gasteiger partial charge in [-0.3, -0.25) is 4.79 Å². The Bertz CT molecular complexity index is 404. The molecule has 1 aromatic rings. The normalized spacial score (nSPS) is 9.53. The molecule has 1 amide bonds. The Morgan fingerprint density at radius 1 is 1.40 bits per heavy atom. The topological polar surface area (TPSA) is 55.4 Å². The maximum atomic E-state index is 11.1.